The minimum atomic E-state index is 0.920. The predicted octanol–water partition coefficient (Wildman–Crippen LogP) is 6.97. The largest absolute Gasteiger partial charge is 0.0508 e. The summed E-state index contributed by atoms with van der Waals surface area (Å²) in [5.41, 5.74) is 2.09. The summed E-state index contributed by atoms with van der Waals surface area (Å²) >= 11 is 17.5. The maximum Gasteiger partial charge on any atom is 0.0276 e. The monoisotopic (exact) mass is 543 g/mol. The molecule has 0 nitrogen and oxygen atoms in total. The highest BCUT2D eigenvalue weighted by atomic mass is 79.9. The zero-order valence-electron chi connectivity index (χ0n) is 8.20. The molecule has 0 aliphatic heterocycles. The Morgan fingerprint density at radius 3 is 1.76 bits per heavy atom. The molecule has 0 saturated carbocycles. The average molecular weight is 548 g/mol. The maximum absolute atomic E-state index is 3.57. The van der Waals surface area contributed by atoms with Crippen LogP contribution in [0.3, 0.4) is 0 Å². The third-order valence-electron chi connectivity index (χ3n) is 2.08. The van der Waals surface area contributed by atoms with Crippen LogP contribution in [-0.2, 0) is 0 Å². The Morgan fingerprint density at radius 2 is 1.24 bits per heavy atom. The summed E-state index contributed by atoms with van der Waals surface area (Å²) < 4.78 is 4.98. The van der Waals surface area contributed by atoms with Gasteiger partial charge < -0.3 is 0 Å². The fourth-order valence-electron chi connectivity index (χ4n) is 1.44. The van der Waals surface area contributed by atoms with Crippen molar-refractivity contribution in [3.8, 4) is 11.1 Å². The molecular formula is C12H4Br5. The first-order chi connectivity index (χ1) is 7.97. The third-order valence-corrected chi connectivity index (χ3v) is 4.67. The van der Waals surface area contributed by atoms with Gasteiger partial charge in [0.1, 0.15) is 0 Å². The van der Waals surface area contributed by atoms with Crippen LogP contribution in [0.4, 0.5) is 0 Å². The molecule has 2 aromatic carbocycles. The summed E-state index contributed by atoms with van der Waals surface area (Å²) in [6.45, 7) is 0. The summed E-state index contributed by atoms with van der Waals surface area (Å²) in [4.78, 5) is 0. The minimum absolute atomic E-state index is 0.920. The van der Waals surface area contributed by atoms with E-state index >= 15 is 0 Å². The van der Waals surface area contributed by atoms with Crippen LogP contribution in [-0.4, -0.2) is 0 Å². The van der Waals surface area contributed by atoms with Crippen molar-refractivity contribution in [2.24, 2.45) is 0 Å². The Labute approximate surface area is 142 Å². The first-order valence-corrected chi connectivity index (χ1v) is 8.47. The molecule has 17 heavy (non-hydrogen) atoms. The lowest BCUT2D eigenvalue weighted by Crippen LogP contribution is -1.84. The quantitative estimate of drug-likeness (QED) is 0.362. The van der Waals surface area contributed by atoms with E-state index in [0.717, 1.165) is 33.5 Å². The fourth-order valence-corrected chi connectivity index (χ4v) is 5.35. The lowest BCUT2D eigenvalue weighted by Gasteiger charge is -2.09. The van der Waals surface area contributed by atoms with Crippen LogP contribution in [0.2, 0.25) is 0 Å². The van der Waals surface area contributed by atoms with E-state index in [1.807, 2.05) is 24.3 Å². The summed E-state index contributed by atoms with van der Waals surface area (Å²) in [7, 11) is 0. The van der Waals surface area contributed by atoms with Crippen molar-refractivity contribution < 1.29 is 0 Å². The lowest BCUT2D eigenvalue weighted by molar-refractivity contribution is 1.49. The van der Waals surface area contributed by atoms with Crippen LogP contribution < -0.4 is 0 Å². The molecule has 0 saturated heterocycles. The van der Waals surface area contributed by atoms with Gasteiger partial charge in [0, 0.05) is 34.0 Å². The molecule has 1 radical (unpaired) electrons. The molecule has 0 fully saturated rings. The Balaban J connectivity index is 2.68. The van der Waals surface area contributed by atoms with Gasteiger partial charge in [-0.05, 0) is 29.8 Å². The van der Waals surface area contributed by atoms with E-state index in [9.17, 15) is 0 Å². The van der Waals surface area contributed by atoms with E-state index in [0.29, 0.717) is 0 Å². The molecule has 87 valence electrons. The van der Waals surface area contributed by atoms with E-state index in [-0.39, 0.29) is 0 Å². The molecule has 2 rings (SSSR count). The van der Waals surface area contributed by atoms with Crippen LogP contribution in [0, 0.1) is 6.07 Å². The van der Waals surface area contributed by atoms with Gasteiger partial charge in [-0.1, -0.05) is 79.6 Å². The fraction of sp³-hybridized carbons (Fsp3) is 0. The Hall–Kier alpha value is 0.840. The molecule has 0 aliphatic carbocycles. The standard InChI is InChI=1S/C12H4Br5/c13-7-1-6(2-8(14)3-7)12-10(16)4-9(15)5-11(12)17/h1,3-5H. The number of hydrogen-bond acceptors (Lipinski definition) is 0. The highest BCUT2D eigenvalue weighted by molar-refractivity contribution is 9.12. The van der Waals surface area contributed by atoms with Crippen molar-refractivity contribution in [2.45, 2.75) is 0 Å². The van der Waals surface area contributed by atoms with Gasteiger partial charge in [0.2, 0.25) is 0 Å². The summed E-state index contributed by atoms with van der Waals surface area (Å²) in [5, 5.41) is 0. The zero-order valence-corrected chi connectivity index (χ0v) is 16.1. The molecule has 0 amide bonds. The van der Waals surface area contributed by atoms with Crippen molar-refractivity contribution in [3.63, 3.8) is 0 Å². The average Bonchev–Trinajstić information content (AvgIpc) is 2.13. The van der Waals surface area contributed by atoms with Crippen LogP contribution >= 0.6 is 79.6 Å². The van der Waals surface area contributed by atoms with Gasteiger partial charge in [0.25, 0.3) is 0 Å². The molecule has 0 N–H and O–H groups in total. The normalized spacial score (nSPS) is 10.6. The molecule has 0 aliphatic rings. The highest BCUT2D eigenvalue weighted by Crippen LogP contribution is 2.39. The molecule has 0 unspecified atom stereocenters. The number of benzene rings is 2. The van der Waals surface area contributed by atoms with Gasteiger partial charge in [-0.2, -0.15) is 0 Å². The van der Waals surface area contributed by atoms with Crippen molar-refractivity contribution in [2.75, 3.05) is 0 Å². The molecule has 0 bridgehead atoms. The van der Waals surface area contributed by atoms with E-state index in [1.54, 1.807) is 0 Å². The second-order valence-corrected chi connectivity index (χ2v) is 7.70. The molecule has 0 spiro atoms. The predicted molar refractivity (Wildman–Crippen MR) is 89.2 cm³/mol. The SMILES string of the molecule is Brc1[c]c(-c2c(Br)cc(Br)cc2Br)cc(Br)c1. The van der Waals surface area contributed by atoms with Crippen molar-refractivity contribution in [1.29, 1.82) is 0 Å². The molecule has 5 heteroatoms. The molecule has 0 atom stereocenters. The van der Waals surface area contributed by atoms with E-state index in [4.69, 9.17) is 0 Å². The van der Waals surface area contributed by atoms with Gasteiger partial charge in [-0.25, -0.2) is 0 Å². The van der Waals surface area contributed by atoms with Crippen molar-refractivity contribution >= 4 is 79.6 Å². The second-order valence-electron chi connectivity index (χ2n) is 3.30. The molecule has 0 aromatic heterocycles. The van der Waals surface area contributed by atoms with Gasteiger partial charge in [-0.15, -0.1) is 0 Å². The second kappa shape index (κ2) is 5.87. The molecule has 2 aromatic rings. The number of rotatable bonds is 1. The smallest absolute Gasteiger partial charge is 0.0276 e. The highest BCUT2D eigenvalue weighted by Gasteiger charge is 2.10. The van der Waals surface area contributed by atoms with E-state index < -0.39 is 0 Å². The summed E-state index contributed by atoms with van der Waals surface area (Å²) in [5.74, 6) is 0. The Bertz CT molecular complexity index is 534. The zero-order chi connectivity index (χ0) is 12.6. The van der Waals surface area contributed by atoms with E-state index in [1.165, 1.54) is 0 Å². The topological polar surface area (TPSA) is 0 Å². The molecular weight excluding hydrogens is 544 g/mol. The lowest BCUT2D eigenvalue weighted by atomic mass is 10.1. The summed E-state index contributed by atoms with van der Waals surface area (Å²) in [6, 6.07) is 11.3. The van der Waals surface area contributed by atoms with Crippen LogP contribution in [0.5, 0.6) is 0 Å². The molecule has 0 heterocycles. The van der Waals surface area contributed by atoms with Gasteiger partial charge >= 0.3 is 0 Å². The van der Waals surface area contributed by atoms with E-state index in [2.05, 4.69) is 85.7 Å². The first-order valence-electron chi connectivity index (χ1n) is 4.50. The van der Waals surface area contributed by atoms with Gasteiger partial charge in [-0.3, -0.25) is 0 Å². The van der Waals surface area contributed by atoms with Crippen LogP contribution in [0.15, 0.2) is 46.6 Å². The first kappa shape index (κ1) is 14.3. The van der Waals surface area contributed by atoms with Crippen molar-refractivity contribution in [3.05, 3.63) is 52.7 Å². The van der Waals surface area contributed by atoms with Crippen LogP contribution in [0.1, 0.15) is 0 Å². The van der Waals surface area contributed by atoms with Crippen molar-refractivity contribution in [1.82, 2.24) is 0 Å². The summed E-state index contributed by atoms with van der Waals surface area (Å²) in [6.07, 6.45) is 0. The number of hydrogen-bond donors (Lipinski definition) is 0. The maximum atomic E-state index is 3.57. The van der Waals surface area contributed by atoms with Gasteiger partial charge in [0.05, 0.1) is 0 Å². The third kappa shape index (κ3) is 3.44. The Kier molecular flexibility index (Phi) is 4.92. The minimum Gasteiger partial charge on any atom is -0.0508 e. The van der Waals surface area contributed by atoms with Gasteiger partial charge in [0.15, 0.2) is 0 Å². The number of halogens is 5. The Morgan fingerprint density at radius 1 is 0.706 bits per heavy atom. The van der Waals surface area contributed by atoms with Crippen LogP contribution in [0.25, 0.3) is 11.1 Å².